The smallest absolute Gasteiger partial charge is 0.216 e. The highest BCUT2D eigenvalue weighted by Crippen LogP contribution is 2.24. The van der Waals surface area contributed by atoms with E-state index in [-0.39, 0.29) is 5.91 Å². The summed E-state index contributed by atoms with van der Waals surface area (Å²) in [4.78, 5) is 13.5. The molecule has 6 heteroatoms. The molecule has 1 saturated heterocycles. The Morgan fingerprint density at radius 3 is 2.95 bits per heavy atom. The van der Waals surface area contributed by atoms with Gasteiger partial charge in [0.05, 0.1) is 5.69 Å². The summed E-state index contributed by atoms with van der Waals surface area (Å²) in [6.45, 7) is 7.40. The second kappa shape index (κ2) is 7.27. The zero-order valence-corrected chi connectivity index (χ0v) is 13.9. The van der Waals surface area contributed by atoms with Crippen LogP contribution in [-0.4, -0.2) is 40.2 Å². The van der Waals surface area contributed by atoms with Crippen LogP contribution in [0.1, 0.15) is 37.9 Å². The predicted octanol–water partition coefficient (Wildman–Crippen LogP) is 1.98. The van der Waals surface area contributed by atoms with Gasteiger partial charge in [-0.25, -0.2) is 0 Å². The van der Waals surface area contributed by atoms with E-state index in [0.717, 1.165) is 49.0 Å². The van der Waals surface area contributed by atoms with Crippen LogP contribution in [0.5, 0.6) is 0 Å². The summed E-state index contributed by atoms with van der Waals surface area (Å²) >= 11 is 6.37. The topological polar surface area (TPSA) is 50.2 Å². The summed E-state index contributed by atoms with van der Waals surface area (Å²) in [6.07, 6.45) is 3.25. The van der Waals surface area contributed by atoms with Crippen LogP contribution in [0.15, 0.2) is 0 Å². The lowest BCUT2D eigenvalue weighted by molar-refractivity contribution is -0.119. The second-order valence-electron chi connectivity index (χ2n) is 5.87. The quantitative estimate of drug-likeness (QED) is 0.904. The molecule has 1 unspecified atom stereocenters. The van der Waals surface area contributed by atoms with Gasteiger partial charge in [-0.3, -0.25) is 14.4 Å². The first-order valence-corrected chi connectivity index (χ1v) is 8.06. The number of amides is 1. The van der Waals surface area contributed by atoms with Crippen molar-refractivity contribution in [3.8, 4) is 0 Å². The molecule has 118 valence electrons. The molecule has 1 aromatic rings. The first kappa shape index (κ1) is 16.3. The first-order chi connectivity index (χ1) is 10.0. The Labute approximate surface area is 131 Å². The molecule has 1 aromatic heterocycles. The third-order valence-corrected chi connectivity index (χ3v) is 4.58. The van der Waals surface area contributed by atoms with E-state index in [1.54, 1.807) is 11.6 Å². The van der Waals surface area contributed by atoms with Gasteiger partial charge in [0.2, 0.25) is 5.91 Å². The fourth-order valence-electron chi connectivity index (χ4n) is 3.01. The number of piperidine rings is 1. The Hall–Kier alpha value is -1.07. The zero-order valence-electron chi connectivity index (χ0n) is 13.2. The van der Waals surface area contributed by atoms with Crippen molar-refractivity contribution < 1.29 is 4.79 Å². The monoisotopic (exact) mass is 312 g/mol. The third kappa shape index (κ3) is 4.20. The number of carbonyl (C=O) groups is 1. The number of hydrogen-bond donors (Lipinski definition) is 1. The maximum Gasteiger partial charge on any atom is 0.216 e. The fraction of sp³-hybridized carbons (Fsp3) is 0.733. The number of nitrogens with zero attached hydrogens (tertiary/aromatic N) is 3. The van der Waals surface area contributed by atoms with E-state index in [1.807, 2.05) is 7.05 Å². The minimum absolute atomic E-state index is 0.0516. The molecule has 0 bridgehead atoms. The summed E-state index contributed by atoms with van der Waals surface area (Å²) in [5.41, 5.74) is 2.24. The lowest BCUT2D eigenvalue weighted by Crippen LogP contribution is -2.40. The van der Waals surface area contributed by atoms with Crippen molar-refractivity contribution in [2.75, 3.05) is 19.6 Å². The average molecular weight is 313 g/mol. The molecule has 1 aliphatic rings. The van der Waals surface area contributed by atoms with Crippen molar-refractivity contribution in [3.05, 3.63) is 16.4 Å². The van der Waals surface area contributed by atoms with Gasteiger partial charge in [0.1, 0.15) is 5.15 Å². The standard InChI is InChI=1S/C15H25ClN4O/c1-4-14-13(15(16)19(3)18-14)10-20-7-5-6-12(9-20)8-17-11(2)21/h12H,4-10H2,1-3H3,(H,17,21). The molecule has 21 heavy (non-hydrogen) atoms. The molecule has 1 fully saturated rings. The van der Waals surface area contributed by atoms with Gasteiger partial charge in [-0.2, -0.15) is 5.10 Å². The highest BCUT2D eigenvalue weighted by atomic mass is 35.5. The van der Waals surface area contributed by atoms with E-state index >= 15 is 0 Å². The summed E-state index contributed by atoms with van der Waals surface area (Å²) in [5, 5.41) is 8.15. The van der Waals surface area contributed by atoms with E-state index in [2.05, 4.69) is 22.2 Å². The van der Waals surface area contributed by atoms with Crippen LogP contribution in [-0.2, 0) is 24.8 Å². The summed E-state index contributed by atoms with van der Waals surface area (Å²) in [6, 6.07) is 0. The number of hydrogen-bond acceptors (Lipinski definition) is 3. The minimum Gasteiger partial charge on any atom is -0.356 e. The van der Waals surface area contributed by atoms with Crippen LogP contribution in [0.4, 0.5) is 0 Å². The summed E-state index contributed by atoms with van der Waals surface area (Å²) < 4.78 is 1.76. The summed E-state index contributed by atoms with van der Waals surface area (Å²) in [7, 11) is 1.89. The molecule has 2 heterocycles. The van der Waals surface area contributed by atoms with E-state index in [4.69, 9.17) is 11.6 Å². The van der Waals surface area contributed by atoms with Crippen molar-refractivity contribution in [3.63, 3.8) is 0 Å². The van der Waals surface area contributed by atoms with Crippen LogP contribution < -0.4 is 5.32 Å². The maximum absolute atomic E-state index is 11.0. The number of aromatic nitrogens is 2. The maximum atomic E-state index is 11.0. The van der Waals surface area contributed by atoms with Crippen LogP contribution >= 0.6 is 11.6 Å². The SMILES string of the molecule is CCc1nn(C)c(Cl)c1CN1CCCC(CNC(C)=O)C1. The Kier molecular flexibility index (Phi) is 5.65. The Morgan fingerprint density at radius 1 is 1.52 bits per heavy atom. The normalized spacial score (nSPS) is 19.7. The Morgan fingerprint density at radius 2 is 2.29 bits per heavy atom. The minimum atomic E-state index is 0.0516. The van der Waals surface area contributed by atoms with E-state index in [1.165, 1.54) is 12.8 Å². The highest BCUT2D eigenvalue weighted by molar-refractivity contribution is 6.30. The molecule has 2 rings (SSSR count). The van der Waals surface area contributed by atoms with Crippen molar-refractivity contribution >= 4 is 17.5 Å². The largest absolute Gasteiger partial charge is 0.356 e. The second-order valence-corrected chi connectivity index (χ2v) is 6.23. The molecule has 0 aromatic carbocycles. The lowest BCUT2D eigenvalue weighted by Gasteiger charge is -2.32. The molecular weight excluding hydrogens is 288 g/mol. The van der Waals surface area contributed by atoms with Crippen molar-refractivity contribution in [1.29, 1.82) is 0 Å². The molecular formula is C15H25ClN4O. The van der Waals surface area contributed by atoms with Gasteiger partial charge >= 0.3 is 0 Å². The van der Waals surface area contributed by atoms with E-state index in [9.17, 15) is 4.79 Å². The molecule has 0 spiro atoms. The van der Waals surface area contributed by atoms with Gasteiger partial charge in [-0.15, -0.1) is 0 Å². The number of nitrogens with one attached hydrogen (secondary N) is 1. The van der Waals surface area contributed by atoms with Gasteiger partial charge in [0, 0.05) is 39.2 Å². The molecule has 0 radical (unpaired) electrons. The third-order valence-electron chi connectivity index (χ3n) is 4.11. The molecule has 1 N–H and O–H groups in total. The first-order valence-electron chi connectivity index (χ1n) is 7.68. The van der Waals surface area contributed by atoms with Gasteiger partial charge in [-0.1, -0.05) is 18.5 Å². The molecule has 0 aliphatic carbocycles. The molecule has 1 atom stereocenters. The molecule has 1 aliphatic heterocycles. The predicted molar refractivity (Wildman–Crippen MR) is 84.3 cm³/mol. The van der Waals surface area contributed by atoms with E-state index < -0.39 is 0 Å². The van der Waals surface area contributed by atoms with Gasteiger partial charge in [0.25, 0.3) is 0 Å². The summed E-state index contributed by atoms with van der Waals surface area (Å²) in [5.74, 6) is 0.582. The van der Waals surface area contributed by atoms with Crippen LogP contribution in [0.2, 0.25) is 5.15 Å². The average Bonchev–Trinajstić information content (AvgIpc) is 2.73. The number of halogens is 1. The van der Waals surface area contributed by atoms with Crippen LogP contribution in [0.3, 0.4) is 0 Å². The number of likely N-dealkylation sites (tertiary alicyclic amines) is 1. The van der Waals surface area contributed by atoms with Gasteiger partial charge < -0.3 is 5.32 Å². The lowest BCUT2D eigenvalue weighted by atomic mass is 9.97. The van der Waals surface area contributed by atoms with E-state index in [0.29, 0.717) is 5.92 Å². The van der Waals surface area contributed by atoms with Gasteiger partial charge in [-0.05, 0) is 31.7 Å². The van der Waals surface area contributed by atoms with Crippen LogP contribution in [0, 0.1) is 5.92 Å². The van der Waals surface area contributed by atoms with Crippen molar-refractivity contribution in [2.24, 2.45) is 13.0 Å². The Bertz CT molecular complexity index is 500. The highest BCUT2D eigenvalue weighted by Gasteiger charge is 2.23. The van der Waals surface area contributed by atoms with Crippen molar-refractivity contribution in [2.45, 2.75) is 39.7 Å². The number of aryl methyl sites for hydroxylation is 2. The molecule has 0 saturated carbocycles. The molecule has 1 amide bonds. The van der Waals surface area contributed by atoms with Crippen molar-refractivity contribution in [1.82, 2.24) is 20.0 Å². The van der Waals surface area contributed by atoms with Gasteiger partial charge in [0.15, 0.2) is 0 Å². The molecule has 5 nitrogen and oxygen atoms in total. The fourth-order valence-corrected chi connectivity index (χ4v) is 3.22. The van der Waals surface area contributed by atoms with Crippen LogP contribution in [0.25, 0.3) is 0 Å². The number of rotatable bonds is 5. The Balaban J connectivity index is 1.98. The zero-order chi connectivity index (χ0) is 15.4. The number of carbonyl (C=O) groups excluding carboxylic acids is 1.